The van der Waals surface area contributed by atoms with E-state index in [-0.39, 0.29) is 0 Å². The third kappa shape index (κ3) is 1.69. The van der Waals surface area contributed by atoms with Crippen molar-refractivity contribution < 1.29 is 4.74 Å². The van der Waals surface area contributed by atoms with Crippen molar-refractivity contribution in [1.82, 2.24) is 9.78 Å². The maximum atomic E-state index is 6.18. The van der Waals surface area contributed by atoms with Crippen LogP contribution in [-0.2, 0) is 17.8 Å². The Labute approximate surface area is 104 Å². The first-order chi connectivity index (χ1) is 8.27. The lowest BCUT2D eigenvalue weighted by atomic mass is 10.1. The number of para-hydroxylation sites is 1. The van der Waals surface area contributed by atoms with E-state index >= 15 is 0 Å². The van der Waals surface area contributed by atoms with Crippen molar-refractivity contribution in [3.63, 3.8) is 0 Å². The summed E-state index contributed by atoms with van der Waals surface area (Å²) in [5.74, 6) is 0.527. The SMILES string of the molecule is Nc1nn(-c2ccccc2Cl)c2c1COCC2. The molecule has 0 unspecified atom stereocenters. The van der Waals surface area contributed by atoms with E-state index in [2.05, 4.69) is 5.10 Å². The second-order valence-corrected chi connectivity index (χ2v) is 4.38. The van der Waals surface area contributed by atoms with Crippen molar-refractivity contribution in [3.8, 4) is 5.69 Å². The van der Waals surface area contributed by atoms with Gasteiger partial charge >= 0.3 is 0 Å². The highest BCUT2D eigenvalue weighted by Gasteiger charge is 2.21. The number of nitrogens with zero attached hydrogens (tertiary/aromatic N) is 2. The van der Waals surface area contributed by atoms with Crippen LogP contribution >= 0.6 is 11.6 Å². The Bertz CT molecular complexity index is 565. The fourth-order valence-electron chi connectivity index (χ4n) is 2.08. The van der Waals surface area contributed by atoms with Crippen LogP contribution in [0.2, 0.25) is 5.02 Å². The monoisotopic (exact) mass is 249 g/mol. The highest BCUT2D eigenvalue weighted by Crippen LogP contribution is 2.28. The van der Waals surface area contributed by atoms with E-state index in [0.29, 0.717) is 24.1 Å². The van der Waals surface area contributed by atoms with Gasteiger partial charge in [0.1, 0.15) is 0 Å². The number of hydrogen-bond donors (Lipinski definition) is 1. The smallest absolute Gasteiger partial charge is 0.151 e. The molecular weight excluding hydrogens is 238 g/mol. The van der Waals surface area contributed by atoms with Gasteiger partial charge in [-0.25, -0.2) is 4.68 Å². The largest absolute Gasteiger partial charge is 0.382 e. The van der Waals surface area contributed by atoms with Gasteiger partial charge < -0.3 is 10.5 Å². The number of aromatic nitrogens is 2. The minimum atomic E-state index is 0.527. The highest BCUT2D eigenvalue weighted by molar-refractivity contribution is 6.32. The van der Waals surface area contributed by atoms with Gasteiger partial charge in [0.2, 0.25) is 0 Å². The molecule has 0 bridgehead atoms. The van der Waals surface area contributed by atoms with Crippen LogP contribution in [0.25, 0.3) is 5.69 Å². The van der Waals surface area contributed by atoms with Crippen LogP contribution in [0.5, 0.6) is 0 Å². The number of nitrogen functional groups attached to an aromatic ring is 1. The van der Waals surface area contributed by atoms with Crippen LogP contribution in [0.3, 0.4) is 0 Å². The van der Waals surface area contributed by atoms with E-state index in [1.165, 1.54) is 0 Å². The zero-order valence-electron chi connectivity index (χ0n) is 9.19. The Morgan fingerprint density at radius 2 is 2.18 bits per heavy atom. The topological polar surface area (TPSA) is 53.1 Å². The number of ether oxygens (including phenoxy) is 1. The third-order valence-corrected chi connectivity index (χ3v) is 3.25. The van der Waals surface area contributed by atoms with Crippen molar-refractivity contribution in [3.05, 3.63) is 40.5 Å². The zero-order chi connectivity index (χ0) is 11.8. The lowest BCUT2D eigenvalue weighted by Gasteiger charge is -2.15. The molecule has 1 aliphatic rings. The first kappa shape index (κ1) is 10.6. The minimum Gasteiger partial charge on any atom is -0.382 e. The van der Waals surface area contributed by atoms with E-state index < -0.39 is 0 Å². The van der Waals surface area contributed by atoms with Gasteiger partial charge in [-0.2, -0.15) is 0 Å². The van der Waals surface area contributed by atoms with Gasteiger partial charge in [0.15, 0.2) is 5.82 Å². The summed E-state index contributed by atoms with van der Waals surface area (Å²) in [7, 11) is 0. The van der Waals surface area contributed by atoms with Crippen LogP contribution in [-0.4, -0.2) is 16.4 Å². The molecule has 2 aromatic rings. The summed E-state index contributed by atoms with van der Waals surface area (Å²) >= 11 is 6.18. The molecule has 1 aromatic heterocycles. The summed E-state index contributed by atoms with van der Waals surface area (Å²) in [5, 5.41) is 5.02. The number of hydrogen-bond acceptors (Lipinski definition) is 3. The summed E-state index contributed by atoms with van der Waals surface area (Å²) in [5.41, 5.74) is 8.84. The molecule has 3 rings (SSSR count). The lowest BCUT2D eigenvalue weighted by Crippen LogP contribution is -2.13. The number of fused-ring (bicyclic) bond motifs is 1. The Kier molecular flexibility index (Phi) is 2.53. The van der Waals surface area contributed by atoms with Gasteiger partial charge in [0, 0.05) is 12.0 Å². The molecule has 0 atom stereocenters. The second kappa shape index (κ2) is 4.05. The van der Waals surface area contributed by atoms with Crippen molar-refractivity contribution in [2.75, 3.05) is 12.3 Å². The van der Waals surface area contributed by atoms with Crippen LogP contribution in [0.15, 0.2) is 24.3 Å². The van der Waals surface area contributed by atoms with E-state index in [0.717, 1.165) is 23.4 Å². The number of benzene rings is 1. The van der Waals surface area contributed by atoms with Crippen LogP contribution in [0, 0.1) is 0 Å². The predicted octanol–water partition coefficient (Wildman–Crippen LogP) is 2.18. The first-order valence-electron chi connectivity index (χ1n) is 5.46. The van der Waals surface area contributed by atoms with Gasteiger partial charge in [-0.15, -0.1) is 5.10 Å². The van der Waals surface area contributed by atoms with E-state index in [1.807, 2.05) is 28.9 Å². The van der Waals surface area contributed by atoms with Gasteiger partial charge in [-0.05, 0) is 12.1 Å². The van der Waals surface area contributed by atoms with E-state index in [4.69, 9.17) is 22.1 Å². The lowest BCUT2D eigenvalue weighted by molar-refractivity contribution is 0.110. The molecule has 2 heterocycles. The molecule has 4 nitrogen and oxygen atoms in total. The Morgan fingerprint density at radius 3 is 3.00 bits per heavy atom. The summed E-state index contributed by atoms with van der Waals surface area (Å²) < 4.78 is 7.22. The second-order valence-electron chi connectivity index (χ2n) is 3.98. The molecule has 5 heteroatoms. The van der Waals surface area contributed by atoms with Crippen molar-refractivity contribution in [1.29, 1.82) is 0 Å². The van der Waals surface area contributed by atoms with Crippen molar-refractivity contribution in [2.24, 2.45) is 0 Å². The average molecular weight is 250 g/mol. The first-order valence-corrected chi connectivity index (χ1v) is 5.84. The molecule has 88 valence electrons. The molecule has 1 aliphatic heterocycles. The number of nitrogens with two attached hydrogens (primary N) is 1. The molecule has 0 aliphatic carbocycles. The molecule has 17 heavy (non-hydrogen) atoms. The predicted molar refractivity (Wildman–Crippen MR) is 66.3 cm³/mol. The summed E-state index contributed by atoms with van der Waals surface area (Å²) in [6.45, 7) is 1.23. The minimum absolute atomic E-state index is 0.527. The molecule has 0 amide bonds. The molecule has 0 fully saturated rings. The molecule has 0 spiro atoms. The van der Waals surface area contributed by atoms with Gasteiger partial charge in [-0.1, -0.05) is 23.7 Å². The number of rotatable bonds is 1. The van der Waals surface area contributed by atoms with Crippen LogP contribution in [0.4, 0.5) is 5.82 Å². The molecule has 2 N–H and O–H groups in total. The molecule has 0 radical (unpaired) electrons. The maximum Gasteiger partial charge on any atom is 0.151 e. The third-order valence-electron chi connectivity index (χ3n) is 2.93. The zero-order valence-corrected chi connectivity index (χ0v) is 9.94. The van der Waals surface area contributed by atoms with Crippen molar-refractivity contribution in [2.45, 2.75) is 13.0 Å². The Morgan fingerprint density at radius 1 is 1.35 bits per heavy atom. The van der Waals surface area contributed by atoms with E-state index in [1.54, 1.807) is 0 Å². The average Bonchev–Trinajstić information content (AvgIpc) is 2.68. The molecule has 0 saturated carbocycles. The van der Waals surface area contributed by atoms with Crippen LogP contribution < -0.4 is 5.73 Å². The fraction of sp³-hybridized carbons (Fsp3) is 0.250. The number of anilines is 1. The van der Waals surface area contributed by atoms with Gasteiger partial charge in [-0.3, -0.25) is 0 Å². The molecule has 1 aromatic carbocycles. The summed E-state index contributed by atoms with van der Waals surface area (Å²) in [6.07, 6.45) is 0.810. The summed E-state index contributed by atoms with van der Waals surface area (Å²) in [6, 6.07) is 7.62. The van der Waals surface area contributed by atoms with Gasteiger partial charge in [0.05, 0.1) is 29.6 Å². The highest BCUT2D eigenvalue weighted by atomic mass is 35.5. The summed E-state index contributed by atoms with van der Waals surface area (Å²) in [4.78, 5) is 0. The Balaban J connectivity index is 2.19. The molecule has 0 saturated heterocycles. The maximum absolute atomic E-state index is 6.18. The van der Waals surface area contributed by atoms with Gasteiger partial charge in [0.25, 0.3) is 0 Å². The fourth-order valence-corrected chi connectivity index (χ4v) is 2.30. The normalized spacial score (nSPS) is 14.6. The van der Waals surface area contributed by atoms with Crippen molar-refractivity contribution >= 4 is 17.4 Å². The number of halogens is 1. The standard InChI is InChI=1S/C12H12ClN3O/c13-9-3-1-2-4-11(9)16-10-5-6-17-7-8(10)12(14)15-16/h1-4H,5-7H2,(H2,14,15). The van der Waals surface area contributed by atoms with E-state index in [9.17, 15) is 0 Å². The quantitative estimate of drug-likeness (QED) is 0.843. The molecular formula is C12H12ClN3O. The Hall–Kier alpha value is -1.52. The van der Waals surface area contributed by atoms with Crippen LogP contribution in [0.1, 0.15) is 11.3 Å².